The Morgan fingerprint density at radius 2 is 0.746 bits per heavy atom. The number of hydrogen-bond donors (Lipinski definition) is 3. The molecule has 0 aliphatic heterocycles. The van der Waals surface area contributed by atoms with Gasteiger partial charge in [0.1, 0.15) is 0 Å². The fraction of sp³-hybridized carbons (Fsp3) is 0.860. The van der Waals surface area contributed by atoms with Crippen molar-refractivity contribution in [1.29, 1.82) is 0 Å². The van der Waals surface area contributed by atoms with Gasteiger partial charge in [0, 0.05) is 12.8 Å². The molecule has 0 aliphatic rings. The van der Waals surface area contributed by atoms with Gasteiger partial charge in [-0.25, -0.2) is 0 Å². The van der Waals surface area contributed by atoms with Crippen LogP contribution in [0.25, 0.3) is 0 Å². The Morgan fingerprint density at radius 3 is 1.14 bits per heavy atom. The molecule has 0 fully saturated rings. The summed E-state index contributed by atoms with van der Waals surface area (Å²) >= 11 is 0. The van der Waals surface area contributed by atoms with Crippen LogP contribution in [-0.4, -0.2) is 47.4 Å². The van der Waals surface area contributed by atoms with Gasteiger partial charge >= 0.3 is 5.97 Å². The summed E-state index contributed by atoms with van der Waals surface area (Å²) in [4.78, 5) is 24.4. The minimum atomic E-state index is -0.853. The number of unbranched alkanes of at least 4 members (excludes halogenated alkanes) is 36. The zero-order chi connectivity index (χ0) is 45.8. The van der Waals surface area contributed by atoms with Crippen LogP contribution in [0.5, 0.6) is 0 Å². The van der Waals surface area contributed by atoms with Gasteiger partial charge in [-0.1, -0.05) is 230 Å². The molecule has 0 radical (unpaired) electrons. The van der Waals surface area contributed by atoms with Crippen molar-refractivity contribution in [1.82, 2.24) is 5.32 Å². The number of nitrogens with one attached hydrogen (secondary N) is 1. The normalized spacial score (nSPS) is 12.9. The van der Waals surface area contributed by atoms with Crippen molar-refractivity contribution in [3.05, 3.63) is 36.5 Å². The smallest absolute Gasteiger partial charge is 0.305 e. The molecule has 0 aliphatic carbocycles. The van der Waals surface area contributed by atoms with Crippen LogP contribution >= 0.6 is 0 Å². The first kappa shape index (κ1) is 61.1. The number of amides is 1. The molecule has 6 nitrogen and oxygen atoms in total. The van der Waals surface area contributed by atoms with Crippen LogP contribution in [-0.2, 0) is 14.3 Å². The summed E-state index contributed by atoms with van der Waals surface area (Å²) in [6, 6.07) is -0.638. The lowest BCUT2D eigenvalue weighted by Crippen LogP contribution is -2.45. The van der Waals surface area contributed by atoms with Gasteiger partial charge < -0.3 is 20.3 Å². The van der Waals surface area contributed by atoms with Crippen molar-refractivity contribution in [2.75, 3.05) is 13.2 Å². The van der Waals surface area contributed by atoms with Gasteiger partial charge in [0.15, 0.2) is 0 Å². The number of rotatable bonds is 51. The Morgan fingerprint density at radius 1 is 0.429 bits per heavy atom. The summed E-state index contributed by atoms with van der Waals surface area (Å²) in [6.07, 6.45) is 64.4. The van der Waals surface area contributed by atoms with Crippen LogP contribution in [0.4, 0.5) is 0 Å². The van der Waals surface area contributed by atoms with Crippen LogP contribution in [0.2, 0.25) is 0 Å². The fourth-order valence-electron chi connectivity index (χ4n) is 8.33. The second-order valence-corrected chi connectivity index (χ2v) is 18.9. The fourth-order valence-corrected chi connectivity index (χ4v) is 8.33. The number of carbonyl (C=O) groups is 2. The molecule has 370 valence electrons. The number of allylic oxidation sites excluding steroid dienone is 5. The molecule has 63 heavy (non-hydrogen) atoms. The van der Waals surface area contributed by atoms with Crippen LogP contribution in [0.3, 0.4) is 0 Å². The van der Waals surface area contributed by atoms with Gasteiger partial charge in [-0.15, -0.1) is 0 Å². The Kier molecular flexibility index (Phi) is 51.1. The third-order valence-electron chi connectivity index (χ3n) is 12.6. The van der Waals surface area contributed by atoms with Gasteiger partial charge in [0.05, 0.1) is 25.4 Å². The molecule has 0 bridgehead atoms. The molecule has 0 aromatic carbocycles. The van der Waals surface area contributed by atoms with Gasteiger partial charge in [0.2, 0.25) is 5.91 Å². The largest absolute Gasteiger partial charge is 0.466 e. The van der Waals surface area contributed by atoms with E-state index in [-0.39, 0.29) is 18.5 Å². The van der Waals surface area contributed by atoms with E-state index in [0.717, 1.165) is 64.2 Å². The molecule has 3 N–H and O–H groups in total. The van der Waals surface area contributed by atoms with E-state index in [1.54, 1.807) is 6.08 Å². The van der Waals surface area contributed by atoms with Gasteiger partial charge in [-0.05, 0) is 83.5 Å². The van der Waals surface area contributed by atoms with Crippen molar-refractivity contribution >= 4 is 11.9 Å². The number of esters is 1. The summed E-state index contributed by atoms with van der Waals surface area (Å²) in [5.74, 6) is -0.0899. The summed E-state index contributed by atoms with van der Waals surface area (Å²) in [5.41, 5.74) is 0. The number of carbonyl (C=O) groups excluding carboxylic acids is 2. The molecule has 0 spiro atoms. The van der Waals surface area contributed by atoms with Gasteiger partial charge in [0.25, 0.3) is 0 Å². The molecular formula is C57H107NO5. The molecule has 0 rings (SSSR count). The van der Waals surface area contributed by atoms with Crippen LogP contribution in [0, 0.1) is 0 Å². The first-order chi connectivity index (χ1) is 31.0. The first-order valence-electron chi connectivity index (χ1n) is 27.8. The highest BCUT2D eigenvalue weighted by Gasteiger charge is 2.18. The predicted octanol–water partition coefficient (Wildman–Crippen LogP) is 16.9. The average Bonchev–Trinajstić information content (AvgIpc) is 3.28. The number of ether oxygens (including phenoxy) is 1. The number of aliphatic hydroxyl groups excluding tert-OH is 2. The minimum absolute atomic E-state index is 0.00755. The molecule has 2 atom stereocenters. The van der Waals surface area contributed by atoms with E-state index in [0.29, 0.717) is 19.4 Å². The Balaban J connectivity index is 3.49. The standard InChI is InChI=1S/C57H107NO5/c1-3-5-7-9-11-13-15-17-22-26-29-33-37-41-45-49-55(60)54(53-59)58-56(61)50-46-42-38-34-30-27-23-20-18-19-21-24-28-32-36-40-44-48-52-63-57(62)51-47-43-39-35-31-25-16-14-12-10-8-6-4-2/h14,16,20,23,45,49,54-55,59-60H,3-13,15,17-19,21-22,24-44,46-48,50-53H2,1-2H3,(H,58,61)/b16-14-,23-20-,49-45+. The summed E-state index contributed by atoms with van der Waals surface area (Å²) in [7, 11) is 0. The van der Waals surface area contributed by atoms with E-state index in [9.17, 15) is 19.8 Å². The first-order valence-corrected chi connectivity index (χ1v) is 27.8. The van der Waals surface area contributed by atoms with Gasteiger partial charge in [-0.2, -0.15) is 0 Å². The van der Waals surface area contributed by atoms with Crippen LogP contribution in [0.15, 0.2) is 36.5 Å². The molecule has 2 unspecified atom stereocenters. The highest BCUT2D eigenvalue weighted by molar-refractivity contribution is 5.76. The van der Waals surface area contributed by atoms with Crippen molar-refractivity contribution in [2.24, 2.45) is 0 Å². The van der Waals surface area contributed by atoms with E-state index < -0.39 is 12.1 Å². The Bertz CT molecular complexity index is 1020. The maximum atomic E-state index is 12.4. The number of aliphatic hydroxyl groups is 2. The molecular weight excluding hydrogens is 779 g/mol. The predicted molar refractivity (Wildman–Crippen MR) is 273 cm³/mol. The highest BCUT2D eigenvalue weighted by atomic mass is 16.5. The second kappa shape index (κ2) is 52.7. The maximum Gasteiger partial charge on any atom is 0.305 e. The maximum absolute atomic E-state index is 12.4. The lowest BCUT2D eigenvalue weighted by molar-refractivity contribution is -0.143. The third kappa shape index (κ3) is 49.4. The van der Waals surface area contributed by atoms with Gasteiger partial charge in [-0.3, -0.25) is 9.59 Å². The molecule has 1 amide bonds. The van der Waals surface area contributed by atoms with Crippen molar-refractivity contribution in [2.45, 2.75) is 302 Å². The molecule has 0 aromatic rings. The van der Waals surface area contributed by atoms with E-state index in [4.69, 9.17) is 4.74 Å². The van der Waals surface area contributed by atoms with Crippen molar-refractivity contribution in [3.8, 4) is 0 Å². The Labute approximate surface area is 392 Å². The Hall–Kier alpha value is -1.92. The zero-order valence-electron chi connectivity index (χ0n) is 42.1. The van der Waals surface area contributed by atoms with Crippen molar-refractivity contribution in [3.63, 3.8) is 0 Å². The molecule has 0 saturated carbocycles. The van der Waals surface area contributed by atoms with E-state index in [2.05, 4.69) is 43.5 Å². The average molecular weight is 886 g/mol. The topological polar surface area (TPSA) is 95.9 Å². The lowest BCUT2D eigenvalue weighted by Gasteiger charge is -2.20. The summed E-state index contributed by atoms with van der Waals surface area (Å²) in [6.45, 7) is 4.87. The summed E-state index contributed by atoms with van der Waals surface area (Å²) in [5, 5.41) is 23.1. The van der Waals surface area contributed by atoms with E-state index in [1.807, 2.05) is 6.08 Å². The van der Waals surface area contributed by atoms with Crippen molar-refractivity contribution < 1.29 is 24.5 Å². The SMILES string of the molecule is CCCCCC/C=C\CCCCCCCC(=O)OCCCCCCCCCCC/C=C\CCCCCCCC(=O)NC(CO)C(O)/C=C/CCCCCCCCCCCCCCC. The molecule has 6 heteroatoms. The zero-order valence-corrected chi connectivity index (χ0v) is 42.1. The molecule has 0 saturated heterocycles. The quantitative estimate of drug-likeness (QED) is 0.0321. The van der Waals surface area contributed by atoms with Crippen LogP contribution < -0.4 is 5.32 Å². The van der Waals surface area contributed by atoms with E-state index in [1.165, 1.54) is 199 Å². The minimum Gasteiger partial charge on any atom is -0.466 e. The monoisotopic (exact) mass is 886 g/mol. The third-order valence-corrected chi connectivity index (χ3v) is 12.6. The molecule has 0 aromatic heterocycles. The van der Waals surface area contributed by atoms with E-state index >= 15 is 0 Å². The molecule has 0 heterocycles. The second-order valence-electron chi connectivity index (χ2n) is 18.9. The lowest BCUT2D eigenvalue weighted by atomic mass is 10.0. The summed E-state index contributed by atoms with van der Waals surface area (Å²) < 4.78 is 5.46. The highest BCUT2D eigenvalue weighted by Crippen LogP contribution is 2.15. The van der Waals surface area contributed by atoms with Crippen LogP contribution in [0.1, 0.15) is 290 Å². The number of hydrogen-bond acceptors (Lipinski definition) is 5.